The number of carbonyl (C=O) groups is 1. The second-order valence-corrected chi connectivity index (χ2v) is 3.31. The summed E-state index contributed by atoms with van der Waals surface area (Å²) in [5, 5.41) is 14.9. The minimum Gasteiger partial charge on any atom is -0.508 e. The number of aromatic hydroxyl groups is 1. The van der Waals surface area contributed by atoms with E-state index in [-0.39, 0.29) is 11.7 Å². The van der Waals surface area contributed by atoms with Gasteiger partial charge in [-0.05, 0) is 32.1 Å². The molecule has 0 fully saturated rings. The van der Waals surface area contributed by atoms with E-state index in [1.165, 1.54) is 6.07 Å². The van der Waals surface area contributed by atoms with Gasteiger partial charge >= 0.3 is 0 Å². The summed E-state index contributed by atoms with van der Waals surface area (Å²) < 4.78 is 0. The zero-order valence-corrected chi connectivity index (χ0v) is 8.79. The maximum absolute atomic E-state index is 11.4. The van der Waals surface area contributed by atoms with Crippen LogP contribution in [0.15, 0.2) is 24.3 Å². The third-order valence-corrected chi connectivity index (χ3v) is 1.96. The Kier molecular flexibility index (Phi) is 4.63. The first kappa shape index (κ1) is 11.5. The lowest BCUT2D eigenvalue weighted by atomic mass is 10.2. The largest absolute Gasteiger partial charge is 0.508 e. The van der Waals surface area contributed by atoms with E-state index in [0.717, 1.165) is 13.0 Å². The molecule has 0 aliphatic rings. The summed E-state index contributed by atoms with van der Waals surface area (Å²) in [6.07, 6.45) is 1.29. The molecule has 3 N–H and O–H groups in total. The molecule has 0 aliphatic heterocycles. The number of benzene rings is 1. The highest BCUT2D eigenvalue weighted by Crippen LogP contribution is 2.15. The van der Waals surface area contributed by atoms with E-state index in [1.807, 2.05) is 7.05 Å². The first-order chi connectivity index (χ1) is 7.22. The van der Waals surface area contributed by atoms with Gasteiger partial charge in [0, 0.05) is 18.2 Å². The third-order valence-electron chi connectivity index (χ3n) is 1.96. The van der Waals surface area contributed by atoms with Crippen LogP contribution in [0.5, 0.6) is 5.75 Å². The van der Waals surface area contributed by atoms with Crippen LogP contribution in [0.1, 0.15) is 12.8 Å². The molecule has 0 aliphatic carbocycles. The van der Waals surface area contributed by atoms with Crippen LogP contribution >= 0.6 is 0 Å². The summed E-state index contributed by atoms with van der Waals surface area (Å²) in [4.78, 5) is 11.4. The highest BCUT2D eigenvalue weighted by Gasteiger charge is 2.01. The number of amides is 1. The van der Waals surface area contributed by atoms with Crippen molar-refractivity contribution in [1.82, 2.24) is 5.32 Å². The lowest BCUT2D eigenvalue weighted by Gasteiger charge is -2.05. The molecule has 4 heteroatoms. The normalized spacial score (nSPS) is 9.93. The summed E-state index contributed by atoms with van der Waals surface area (Å²) in [6.45, 7) is 0.827. The predicted molar refractivity (Wildman–Crippen MR) is 59.9 cm³/mol. The van der Waals surface area contributed by atoms with Gasteiger partial charge in [-0.25, -0.2) is 0 Å². The number of hydrogen-bond acceptors (Lipinski definition) is 3. The smallest absolute Gasteiger partial charge is 0.224 e. The Morgan fingerprint density at radius 1 is 1.47 bits per heavy atom. The van der Waals surface area contributed by atoms with Crippen LogP contribution in [0.25, 0.3) is 0 Å². The van der Waals surface area contributed by atoms with Crippen LogP contribution < -0.4 is 10.6 Å². The number of phenols is 1. The minimum absolute atomic E-state index is 0.0316. The van der Waals surface area contributed by atoms with Crippen LogP contribution in [0, 0.1) is 0 Å². The van der Waals surface area contributed by atoms with E-state index in [4.69, 9.17) is 0 Å². The fraction of sp³-hybridized carbons (Fsp3) is 0.364. The molecule has 1 rings (SSSR count). The molecule has 15 heavy (non-hydrogen) atoms. The highest BCUT2D eigenvalue weighted by molar-refractivity contribution is 5.90. The lowest BCUT2D eigenvalue weighted by molar-refractivity contribution is -0.116. The number of hydrogen-bond donors (Lipinski definition) is 3. The Morgan fingerprint density at radius 3 is 2.93 bits per heavy atom. The molecule has 0 heterocycles. The number of rotatable bonds is 5. The van der Waals surface area contributed by atoms with Crippen molar-refractivity contribution >= 4 is 11.6 Å². The summed E-state index contributed by atoms with van der Waals surface area (Å²) in [7, 11) is 1.85. The van der Waals surface area contributed by atoms with Crippen molar-refractivity contribution in [2.45, 2.75) is 12.8 Å². The van der Waals surface area contributed by atoms with Gasteiger partial charge in [-0.15, -0.1) is 0 Å². The Hall–Kier alpha value is -1.55. The van der Waals surface area contributed by atoms with Crippen molar-refractivity contribution in [2.75, 3.05) is 18.9 Å². The maximum atomic E-state index is 11.4. The number of carbonyl (C=O) groups excluding carboxylic acids is 1. The SMILES string of the molecule is CNCCCC(=O)Nc1cccc(O)c1. The minimum atomic E-state index is -0.0316. The summed E-state index contributed by atoms with van der Waals surface area (Å²) in [5.41, 5.74) is 0.629. The van der Waals surface area contributed by atoms with Crippen molar-refractivity contribution in [3.63, 3.8) is 0 Å². The van der Waals surface area contributed by atoms with Gasteiger partial charge in [0.1, 0.15) is 5.75 Å². The maximum Gasteiger partial charge on any atom is 0.224 e. The van der Waals surface area contributed by atoms with E-state index in [9.17, 15) is 9.90 Å². The standard InChI is InChI=1S/C11H16N2O2/c1-12-7-3-6-11(15)13-9-4-2-5-10(14)8-9/h2,4-5,8,12,14H,3,6-7H2,1H3,(H,13,15). The van der Waals surface area contributed by atoms with Crippen LogP contribution in [-0.2, 0) is 4.79 Å². The van der Waals surface area contributed by atoms with Crippen molar-refractivity contribution < 1.29 is 9.90 Å². The summed E-state index contributed by atoms with van der Waals surface area (Å²) in [6, 6.07) is 6.53. The van der Waals surface area contributed by atoms with Gasteiger partial charge in [0.2, 0.25) is 5.91 Å². The Morgan fingerprint density at radius 2 is 2.27 bits per heavy atom. The molecule has 4 nitrogen and oxygen atoms in total. The zero-order chi connectivity index (χ0) is 11.1. The topological polar surface area (TPSA) is 61.4 Å². The second-order valence-electron chi connectivity index (χ2n) is 3.31. The van der Waals surface area contributed by atoms with E-state index < -0.39 is 0 Å². The summed E-state index contributed by atoms with van der Waals surface area (Å²) in [5.74, 6) is 0.124. The molecule has 0 spiro atoms. The Labute approximate surface area is 89.3 Å². The number of anilines is 1. The molecule has 0 bridgehead atoms. The Bertz CT molecular complexity index is 326. The molecule has 0 atom stereocenters. The lowest BCUT2D eigenvalue weighted by Crippen LogP contribution is -2.15. The predicted octanol–water partition coefficient (Wildman–Crippen LogP) is 1.33. The van der Waals surface area contributed by atoms with Crippen molar-refractivity contribution in [2.24, 2.45) is 0 Å². The highest BCUT2D eigenvalue weighted by atomic mass is 16.3. The van der Waals surface area contributed by atoms with Crippen LogP contribution in [0.4, 0.5) is 5.69 Å². The molecule has 0 saturated heterocycles. The average molecular weight is 208 g/mol. The van der Waals surface area contributed by atoms with E-state index in [0.29, 0.717) is 12.1 Å². The fourth-order valence-electron chi connectivity index (χ4n) is 1.23. The molecular weight excluding hydrogens is 192 g/mol. The van der Waals surface area contributed by atoms with Crippen LogP contribution in [0.2, 0.25) is 0 Å². The third kappa shape index (κ3) is 4.46. The second kappa shape index (κ2) is 6.03. The van der Waals surface area contributed by atoms with Gasteiger partial charge < -0.3 is 15.7 Å². The van der Waals surface area contributed by atoms with E-state index >= 15 is 0 Å². The number of nitrogens with one attached hydrogen (secondary N) is 2. The average Bonchev–Trinajstić information content (AvgIpc) is 2.18. The fourth-order valence-corrected chi connectivity index (χ4v) is 1.23. The molecule has 82 valence electrons. The molecule has 0 radical (unpaired) electrons. The van der Waals surface area contributed by atoms with Crippen LogP contribution in [0.3, 0.4) is 0 Å². The first-order valence-electron chi connectivity index (χ1n) is 4.96. The molecule has 1 aromatic rings. The molecule has 0 saturated carbocycles. The van der Waals surface area contributed by atoms with Crippen molar-refractivity contribution in [3.8, 4) is 5.75 Å². The molecule has 1 aromatic carbocycles. The van der Waals surface area contributed by atoms with Gasteiger partial charge in [0.05, 0.1) is 0 Å². The monoisotopic (exact) mass is 208 g/mol. The molecule has 1 amide bonds. The van der Waals surface area contributed by atoms with Crippen molar-refractivity contribution in [1.29, 1.82) is 0 Å². The van der Waals surface area contributed by atoms with Gasteiger partial charge in [0.15, 0.2) is 0 Å². The van der Waals surface area contributed by atoms with Crippen LogP contribution in [-0.4, -0.2) is 24.6 Å². The molecular formula is C11H16N2O2. The van der Waals surface area contributed by atoms with Gasteiger partial charge in [-0.3, -0.25) is 4.79 Å². The molecule has 0 unspecified atom stereocenters. The van der Waals surface area contributed by atoms with Gasteiger partial charge in [0.25, 0.3) is 0 Å². The van der Waals surface area contributed by atoms with Gasteiger partial charge in [-0.1, -0.05) is 6.07 Å². The quantitative estimate of drug-likeness (QED) is 0.640. The zero-order valence-electron chi connectivity index (χ0n) is 8.79. The van der Waals surface area contributed by atoms with E-state index in [2.05, 4.69) is 10.6 Å². The van der Waals surface area contributed by atoms with Crippen molar-refractivity contribution in [3.05, 3.63) is 24.3 Å². The molecule has 0 aromatic heterocycles. The first-order valence-corrected chi connectivity index (χ1v) is 4.96. The van der Waals surface area contributed by atoms with Gasteiger partial charge in [-0.2, -0.15) is 0 Å². The summed E-state index contributed by atoms with van der Waals surface area (Å²) >= 11 is 0. The number of phenolic OH excluding ortho intramolecular Hbond substituents is 1. The Balaban J connectivity index is 2.37. The van der Waals surface area contributed by atoms with E-state index in [1.54, 1.807) is 18.2 Å².